The number of hydrogen-bond donors (Lipinski definition) is 1. The molecule has 0 aromatic heterocycles. The fourth-order valence-corrected chi connectivity index (χ4v) is 4.33. The van der Waals surface area contributed by atoms with Crippen molar-refractivity contribution in [3.05, 3.63) is 69.7 Å². The van der Waals surface area contributed by atoms with Gasteiger partial charge in [0.2, 0.25) is 11.8 Å². The fraction of sp³-hybridized carbons (Fsp3) is 0.391. The van der Waals surface area contributed by atoms with Crippen LogP contribution in [0.1, 0.15) is 49.9 Å². The summed E-state index contributed by atoms with van der Waals surface area (Å²) in [5.41, 5.74) is 3.29. The van der Waals surface area contributed by atoms with Crippen LogP contribution in [0.4, 0.5) is 0 Å². The minimum absolute atomic E-state index is 0.0400. The quantitative estimate of drug-likeness (QED) is 0.733. The number of nitrogens with zero attached hydrogens (tertiary/aromatic N) is 1. The molecule has 0 spiro atoms. The number of rotatable bonds is 5. The molecule has 28 heavy (non-hydrogen) atoms. The largest absolute Gasteiger partial charge is 0.348 e. The van der Waals surface area contributed by atoms with Gasteiger partial charge in [0, 0.05) is 23.9 Å². The van der Waals surface area contributed by atoms with E-state index >= 15 is 0 Å². The van der Waals surface area contributed by atoms with Gasteiger partial charge in [0.1, 0.15) is 6.04 Å². The Hall–Kier alpha value is -2.14. The second-order valence-corrected chi connectivity index (χ2v) is 8.71. The monoisotopic (exact) mass is 442 g/mol. The van der Waals surface area contributed by atoms with Gasteiger partial charge in [-0.3, -0.25) is 9.59 Å². The second-order valence-electron chi connectivity index (χ2n) is 7.86. The number of fused-ring (bicyclic) bond motifs is 1. The molecule has 1 N–H and O–H groups in total. The standard InChI is InChI=1S/C23H27BrN2O2/c1-15(2)12-22(27)26-14-18-9-5-4-8-17(18)13-21(26)23(28)25-16(3)19-10-6-7-11-20(19)24/h4-11,15-16,21H,12-14H2,1-3H3,(H,25,28). The Balaban J connectivity index is 1.82. The van der Waals surface area contributed by atoms with Gasteiger partial charge in [0.25, 0.3) is 0 Å². The first-order valence-corrected chi connectivity index (χ1v) is 10.6. The van der Waals surface area contributed by atoms with Crippen LogP contribution < -0.4 is 5.32 Å². The van der Waals surface area contributed by atoms with Gasteiger partial charge in [0.05, 0.1) is 6.04 Å². The molecule has 0 fully saturated rings. The molecule has 2 unspecified atom stereocenters. The molecule has 0 saturated heterocycles. The molecule has 0 bridgehead atoms. The van der Waals surface area contributed by atoms with Crippen LogP contribution >= 0.6 is 15.9 Å². The van der Waals surface area contributed by atoms with Crippen molar-refractivity contribution >= 4 is 27.7 Å². The Morgan fingerprint density at radius 3 is 2.39 bits per heavy atom. The van der Waals surface area contributed by atoms with E-state index in [-0.39, 0.29) is 23.8 Å². The molecule has 1 aliphatic heterocycles. The lowest BCUT2D eigenvalue weighted by molar-refractivity contribution is -0.142. The van der Waals surface area contributed by atoms with E-state index in [9.17, 15) is 9.59 Å². The molecule has 2 atom stereocenters. The van der Waals surface area contributed by atoms with Crippen LogP contribution in [0, 0.1) is 5.92 Å². The third kappa shape index (κ3) is 4.64. The summed E-state index contributed by atoms with van der Waals surface area (Å²) in [6.07, 6.45) is 1.00. The third-order valence-electron chi connectivity index (χ3n) is 5.18. The molecule has 1 heterocycles. The Kier molecular flexibility index (Phi) is 6.55. The van der Waals surface area contributed by atoms with Gasteiger partial charge in [0.15, 0.2) is 0 Å². The highest BCUT2D eigenvalue weighted by Crippen LogP contribution is 2.27. The SMILES string of the molecule is CC(C)CC(=O)N1Cc2ccccc2CC1C(=O)NC(C)c1ccccc1Br. The average molecular weight is 443 g/mol. The lowest BCUT2D eigenvalue weighted by Gasteiger charge is -2.37. The van der Waals surface area contributed by atoms with Gasteiger partial charge in [-0.05, 0) is 35.6 Å². The first-order valence-electron chi connectivity index (χ1n) is 9.78. The number of halogens is 1. The van der Waals surface area contributed by atoms with Crippen molar-refractivity contribution in [1.29, 1.82) is 0 Å². The Bertz CT molecular complexity index is 865. The van der Waals surface area contributed by atoms with Crippen LogP contribution in [0.25, 0.3) is 0 Å². The van der Waals surface area contributed by atoms with Gasteiger partial charge in [-0.1, -0.05) is 72.2 Å². The number of amides is 2. The maximum absolute atomic E-state index is 13.2. The second kappa shape index (κ2) is 8.91. The highest BCUT2D eigenvalue weighted by Gasteiger charge is 2.35. The van der Waals surface area contributed by atoms with E-state index in [0.717, 1.165) is 21.2 Å². The van der Waals surface area contributed by atoms with Gasteiger partial charge in [-0.2, -0.15) is 0 Å². The lowest BCUT2D eigenvalue weighted by atomic mass is 9.92. The fourth-order valence-electron chi connectivity index (χ4n) is 3.70. The van der Waals surface area contributed by atoms with E-state index in [2.05, 4.69) is 27.3 Å². The van der Waals surface area contributed by atoms with E-state index < -0.39 is 6.04 Å². The number of hydrogen-bond acceptors (Lipinski definition) is 2. The number of carbonyl (C=O) groups is 2. The molecule has 0 saturated carbocycles. The van der Waals surface area contributed by atoms with Gasteiger partial charge in [-0.25, -0.2) is 0 Å². The van der Waals surface area contributed by atoms with E-state index in [4.69, 9.17) is 0 Å². The zero-order valence-corrected chi connectivity index (χ0v) is 18.2. The summed E-state index contributed by atoms with van der Waals surface area (Å²) < 4.78 is 0.963. The molecule has 0 aliphatic carbocycles. The smallest absolute Gasteiger partial charge is 0.243 e. The van der Waals surface area contributed by atoms with Gasteiger partial charge in [-0.15, -0.1) is 0 Å². The van der Waals surface area contributed by atoms with E-state index in [1.807, 2.05) is 63.2 Å². The summed E-state index contributed by atoms with van der Waals surface area (Å²) in [6, 6.07) is 15.3. The summed E-state index contributed by atoms with van der Waals surface area (Å²) in [5.74, 6) is 0.195. The molecule has 148 valence electrons. The molecule has 0 radical (unpaired) electrons. The molecule has 4 nitrogen and oxygen atoms in total. The minimum Gasteiger partial charge on any atom is -0.348 e. The van der Waals surface area contributed by atoms with Crippen molar-refractivity contribution in [3.8, 4) is 0 Å². The number of benzene rings is 2. The van der Waals surface area contributed by atoms with Gasteiger partial charge < -0.3 is 10.2 Å². The molecule has 1 aliphatic rings. The average Bonchev–Trinajstić information content (AvgIpc) is 2.66. The predicted octanol–water partition coefficient (Wildman–Crippen LogP) is 4.63. The highest BCUT2D eigenvalue weighted by molar-refractivity contribution is 9.10. The van der Waals surface area contributed by atoms with Crippen LogP contribution in [0.3, 0.4) is 0 Å². The highest BCUT2D eigenvalue weighted by atomic mass is 79.9. The summed E-state index contributed by atoms with van der Waals surface area (Å²) >= 11 is 3.55. The maximum atomic E-state index is 13.2. The summed E-state index contributed by atoms with van der Waals surface area (Å²) in [7, 11) is 0. The lowest BCUT2D eigenvalue weighted by Crippen LogP contribution is -2.53. The number of nitrogens with one attached hydrogen (secondary N) is 1. The van der Waals surface area contributed by atoms with Crippen molar-refractivity contribution in [2.45, 2.75) is 52.2 Å². The first kappa shape index (κ1) is 20.6. The zero-order chi connectivity index (χ0) is 20.3. The molecule has 2 aromatic rings. The Morgan fingerprint density at radius 1 is 1.07 bits per heavy atom. The summed E-state index contributed by atoms with van der Waals surface area (Å²) in [6.45, 7) is 6.51. The van der Waals surface area contributed by atoms with Crippen LogP contribution in [-0.2, 0) is 22.6 Å². The van der Waals surface area contributed by atoms with E-state index in [1.54, 1.807) is 4.90 Å². The van der Waals surface area contributed by atoms with E-state index in [1.165, 1.54) is 0 Å². The van der Waals surface area contributed by atoms with Crippen molar-refractivity contribution in [2.24, 2.45) is 5.92 Å². The molecular weight excluding hydrogens is 416 g/mol. The van der Waals surface area contributed by atoms with Gasteiger partial charge >= 0.3 is 0 Å². The summed E-state index contributed by atoms with van der Waals surface area (Å²) in [5, 5.41) is 3.11. The third-order valence-corrected chi connectivity index (χ3v) is 5.91. The van der Waals surface area contributed by atoms with Crippen molar-refractivity contribution in [1.82, 2.24) is 10.2 Å². The zero-order valence-electron chi connectivity index (χ0n) is 16.6. The Morgan fingerprint density at radius 2 is 1.71 bits per heavy atom. The maximum Gasteiger partial charge on any atom is 0.243 e. The van der Waals surface area contributed by atoms with Crippen LogP contribution in [-0.4, -0.2) is 22.8 Å². The normalized spacial score (nSPS) is 17.2. The Labute approximate surface area is 175 Å². The van der Waals surface area contributed by atoms with E-state index in [0.29, 0.717) is 19.4 Å². The molecule has 2 aromatic carbocycles. The molecule has 5 heteroatoms. The molecular formula is C23H27BrN2O2. The van der Waals surface area contributed by atoms with Crippen molar-refractivity contribution in [3.63, 3.8) is 0 Å². The molecule has 3 rings (SSSR count). The van der Waals surface area contributed by atoms with Crippen molar-refractivity contribution in [2.75, 3.05) is 0 Å². The van der Waals surface area contributed by atoms with Crippen LogP contribution in [0.15, 0.2) is 53.0 Å². The van der Waals surface area contributed by atoms with Crippen LogP contribution in [0.2, 0.25) is 0 Å². The van der Waals surface area contributed by atoms with Crippen LogP contribution in [0.5, 0.6) is 0 Å². The topological polar surface area (TPSA) is 49.4 Å². The molecule has 2 amide bonds. The number of carbonyl (C=O) groups excluding carboxylic acids is 2. The predicted molar refractivity (Wildman–Crippen MR) is 115 cm³/mol. The summed E-state index contributed by atoms with van der Waals surface area (Å²) in [4.78, 5) is 27.8. The minimum atomic E-state index is -0.480. The van der Waals surface area contributed by atoms with Crippen molar-refractivity contribution < 1.29 is 9.59 Å². The first-order chi connectivity index (χ1) is 13.4.